The Kier molecular flexibility index (Phi) is 7.65. The van der Waals surface area contributed by atoms with Gasteiger partial charge in [-0.25, -0.2) is 0 Å². The first-order chi connectivity index (χ1) is 12.8. The molecule has 1 aliphatic rings. The number of nitro benzene ring substituents is 1. The van der Waals surface area contributed by atoms with Crippen molar-refractivity contribution in [2.75, 3.05) is 12.4 Å². The predicted octanol–water partition coefficient (Wildman–Crippen LogP) is 3.80. The first kappa shape index (κ1) is 21.2. The van der Waals surface area contributed by atoms with Gasteiger partial charge in [-0.15, -0.1) is 11.8 Å². The first-order valence-corrected chi connectivity index (χ1v) is 10.2. The molecule has 0 saturated heterocycles. The van der Waals surface area contributed by atoms with Crippen LogP contribution >= 0.6 is 11.8 Å². The summed E-state index contributed by atoms with van der Waals surface area (Å²) in [5, 5.41) is 14.4. The van der Waals surface area contributed by atoms with E-state index in [0.717, 1.165) is 31.0 Å². The molecule has 1 N–H and O–H groups in total. The summed E-state index contributed by atoms with van der Waals surface area (Å²) in [6, 6.07) is 4.44. The Hall–Kier alpha value is -2.09. The summed E-state index contributed by atoms with van der Waals surface area (Å²) in [7, 11) is 0. The molecule has 0 bridgehead atoms. The van der Waals surface area contributed by atoms with E-state index >= 15 is 0 Å². The maximum Gasteiger partial charge on any atom is 0.316 e. The molecule has 0 spiro atoms. The second-order valence-electron chi connectivity index (χ2n) is 6.88. The second kappa shape index (κ2) is 9.73. The third-order valence-corrected chi connectivity index (χ3v) is 6.13. The molecule has 27 heavy (non-hydrogen) atoms. The molecule has 0 radical (unpaired) electrons. The number of benzene rings is 1. The molecule has 1 aromatic carbocycles. The van der Waals surface area contributed by atoms with Crippen LogP contribution in [0.2, 0.25) is 0 Å². The topological polar surface area (TPSA) is 98.5 Å². The monoisotopic (exact) mass is 394 g/mol. The Balaban J connectivity index is 2.11. The number of esters is 1. The van der Waals surface area contributed by atoms with Crippen LogP contribution in [0.3, 0.4) is 0 Å². The van der Waals surface area contributed by atoms with Crippen LogP contribution in [0.1, 0.15) is 50.4 Å². The maximum atomic E-state index is 12.6. The summed E-state index contributed by atoms with van der Waals surface area (Å²) < 4.78 is 4.84. The van der Waals surface area contributed by atoms with Gasteiger partial charge in [0.05, 0.1) is 22.2 Å². The minimum Gasteiger partial charge on any atom is -0.465 e. The molecule has 1 aliphatic carbocycles. The summed E-state index contributed by atoms with van der Waals surface area (Å²) in [5.74, 6) is 0.166. The van der Waals surface area contributed by atoms with Crippen molar-refractivity contribution in [3.05, 3.63) is 33.9 Å². The van der Waals surface area contributed by atoms with Crippen molar-refractivity contribution in [3.8, 4) is 0 Å². The largest absolute Gasteiger partial charge is 0.465 e. The lowest BCUT2D eigenvalue weighted by atomic mass is 9.78. The lowest BCUT2D eigenvalue weighted by Gasteiger charge is -2.34. The van der Waals surface area contributed by atoms with Gasteiger partial charge >= 0.3 is 5.97 Å². The molecule has 2 rings (SSSR count). The third-order valence-electron chi connectivity index (χ3n) is 5.09. The second-order valence-corrected chi connectivity index (χ2v) is 7.90. The number of hydrogen-bond donors (Lipinski definition) is 1. The number of nitrogens with zero attached hydrogens (tertiary/aromatic N) is 1. The van der Waals surface area contributed by atoms with E-state index in [4.69, 9.17) is 4.74 Å². The zero-order valence-corrected chi connectivity index (χ0v) is 16.7. The summed E-state index contributed by atoms with van der Waals surface area (Å²) in [6.45, 7) is 6.28. The minimum atomic E-state index is -0.532. The summed E-state index contributed by atoms with van der Waals surface area (Å²) in [4.78, 5) is 35.3. The van der Waals surface area contributed by atoms with Crippen LogP contribution < -0.4 is 5.32 Å². The molecule has 0 aromatic heterocycles. The number of ether oxygens (including phenoxy) is 1. The van der Waals surface area contributed by atoms with E-state index < -0.39 is 10.9 Å². The molecule has 0 heterocycles. The SMILES string of the molecule is CCOC(=O)CSc1ccc(C(=O)N[C@@H]2CCC[C@H](C)[C@H]2C)cc1[N+](=O)[O-]. The van der Waals surface area contributed by atoms with Crippen molar-refractivity contribution in [1.82, 2.24) is 5.32 Å². The van der Waals surface area contributed by atoms with Crippen molar-refractivity contribution in [2.24, 2.45) is 11.8 Å². The highest BCUT2D eigenvalue weighted by Crippen LogP contribution is 2.32. The third kappa shape index (κ3) is 5.69. The van der Waals surface area contributed by atoms with Crippen molar-refractivity contribution < 1.29 is 19.2 Å². The van der Waals surface area contributed by atoms with Crippen molar-refractivity contribution in [3.63, 3.8) is 0 Å². The molecule has 3 atom stereocenters. The molecule has 0 aliphatic heterocycles. The van der Waals surface area contributed by atoms with Gasteiger partial charge in [-0.05, 0) is 37.3 Å². The van der Waals surface area contributed by atoms with Crippen LogP contribution in [-0.4, -0.2) is 35.2 Å². The van der Waals surface area contributed by atoms with Crippen LogP contribution in [0.25, 0.3) is 0 Å². The molecular formula is C19H26N2O5S. The van der Waals surface area contributed by atoms with Gasteiger partial charge in [0.25, 0.3) is 11.6 Å². The highest BCUT2D eigenvalue weighted by Gasteiger charge is 2.29. The quantitative estimate of drug-likeness (QED) is 0.327. The number of nitro groups is 1. The molecule has 1 fully saturated rings. The van der Waals surface area contributed by atoms with Crippen LogP contribution in [0, 0.1) is 22.0 Å². The smallest absolute Gasteiger partial charge is 0.316 e. The van der Waals surface area contributed by atoms with Gasteiger partial charge in [0.15, 0.2) is 0 Å². The van der Waals surface area contributed by atoms with Gasteiger partial charge < -0.3 is 10.1 Å². The summed E-state index contributed by atoms with van der Waals surface area (Å²) in [5.41, 5.74) is 0.0784. The average molecular weight is 394 g/mol. The van der Waals surface area contributed by atoms with Crippen LogP contribution in [0.4, 0.5) is 5.69 Å². The fourth-order valence-corrected chi connectivity index (χ4v) is 4.10. The number of hydrogen-bond acceptors (Lipinski definition) is 6. The number of amides is 1. The van der Waals surface area contributed by atoms with E-state index in [1.807, 2.05) is 0 Å². The molecular weight excluding hydrogens is 368 g/mol. The summed E-state index contributed by atoms with van der Waals surface area (Å²) >= 11 is 1.03. The minimum absolute atomic E-state index is 0.0162. The zero-order chi connectivity index (χ0) is 20.0. The molecule has 7 nitrogen and oxygen atoms in total. The normalized spacial score (nSPS) is 22.1. The Morgan fingerprint density at radius 2 is 2.07 bits per heavy atom. The predicted molar refractivity (Wildman–Crippen MR) is 104 cm³/mol. The molecule has 1 amide bonds. The van der Waals surface area contributed by atoms with Crippen LogP contribution in [-0.2, 0) is 9.53 Å². The fraction of sp³-hybridized carbons (Fsp3) is 0.579. The number of rotatable bonds is 7. The van der Waals surface area contributed by atoms with E-state index in [1.165, 1.54) is 12.1 Å². The Morgan fingerprint density at radius 3 is 2.74 bits per heavy atom. The number of thioether (sulfide) groups is 1. The maximum absolute atomic E-state index is 12.6. The molecule has 1 aromatic rings. The lowest BCUT2D eigenvalue weighted by molar-refractivity contribution is -0.387. The highest BCUT2D eigenvalue weighted by molar-refractivity contribution is 8.00. The van der Waals surface area contributed by atoms with E-state index in [-0.39, 0.29) is 35.6 Å². The van der Waals surface area contributed by atoms with Crippen LogP contribution in [0.15, 0.2) is 23.1 Å². The number of nitrogens with one attached hydrogen (secondary N) is 1. The van der Waals surface area contributed by atoms with E-state index in [2.05, 4.69) is 19.2 Å². The molecule has 0 unspecified atom stereocenters. The number of carbonyl (C=O) groups excluding carboxylic acids is 2. The summed E-state index contributed by atoms with van der Waals surface area (Å²) in [6.07, 6.45) is 3.15. The standard InChI is InChI=1S/C19H26N2O5S/c1-4-26-18(22)11-27-17-9-8-14(10-16(17)21(24)25)19(23)20-15-7-5-6-12(2)13(15)3/h8-10,12-13,15H,4-7,11H2,1-3H3,(H,20,23)/t12-,13+,15+/m0/s1. The van der Waals surface area contributed by atoms with E-state index in [9.17, 15) is 19.7 Å². The fourth-order valence-electron chi connectivity index (χ4n) is 3.30. The van der Waals surface area contributed by atoms with Crippen molar-refractivity contribution >= 4 is 29.3 Å². The van der Waals surface area contributed by atoms with Crippen molar-refractivity contribution in [1.29, 1.82) is 0 Å². The van der Waals surface area contributed by atoms with E-state index in [0.29, 0.717) is 16.7 Å². The number of carbonyl (C=O) groups is 2. The Labute approximate surface area is 163 Å². The van der Waals surface area contributed by atoms with Gasteiger partial charge in [-0.2, -0.15) is 0 Å². The lowest BCUT2D eigenvalue weighted by Crippen LogP contribution is -2.43. The zero-order valence-electron chi connectivity index (χ0n) is 15.9. The average Bonchev–Trinajstić information content (AvgIpc) is 2.63. The first-order valence-electron chi connectivity index (χ1n) is 9.21. The van der Waals surface area contributed by atoms with Gasteiger partial charge in [0.2, 0.25) is 0 Å². The van der Waals surface area contributed by atoms with Crippen molar-refractivity contribution in [2.45, 2.75) is 51.0 Å². The molecule has 148 valence electrons. The molecule has 8 heteroatoms. The van der Waals surface area contributed by atoms with Gasteiger partial charge in [0, 0.05) is 17.7 Å². The van der Waals surface area contributed by atoms with Gasteiger partial charge in [0.1, 0.15) is 0 Å². The van der Waals surface area contributed by atoms with Gasteiger partial charge in [-0.3, -0.25) is 19.7 Å². The Morgan fingerprint density at radius 1 is 1.33 bits per heavy atom. The van der Waals surface area contributed by atoms with Gasteiger partial charge in [-0.1, -0.05) is 26.7 Å². The van der Waals surface area contributed by atoms with Crippen LogP contribution in [0.5, 0.6) is 0 Å². The van der Waals surface area contributed by atoms with E-state index in [1.54, 1.807) is 13.0 Å². The molecule has 1 saturated carbocycles. The Bertz CT molecular complexity index is 709. The highest BCUT2D eigenvalue weighted by atomic mass is 32.2.